The Morgan fingerprint density at radius 3 is 2.91 bits per heavy atom. The molecule has 0 saturated heterocycles. The summed E-state index contributed by atoms with van der Waals surface area (Å²) in [7, 11) is 0. The van der Waals surface area contributed by atoms with Gasteiger partial charge in [-0.3, -0.25) is 4.79 Å². The number of hydrogen-bond donors (Lipinski definition) is 2. The molecule has 114 valence electrons. The van der Waals surface area contributed by atoms with Gasteiger partial charge >= 0.3 is 0 Å². The van der Waals surface area contributed by atoms with Gasteiger partial charge < -0.3 is 19.5 Å². The summed E-state index contributed by atoms with van der Waals surface area (Å²) in [5.41, 5.74) is 1.42. The number of furan rings is 1. The maximum Gasteiger partial charge on any atom is 0.252 e. The van der Waals surface area contributed by atoms with E-state index in [1.54, 1.807) is 6.26 Å². The Bertz CT molecular complexity index is 806. The predicted octanol–water partition coefficient (Wildman–Crippen LogP) is 2.81. The molecule has 0 aliphatic heterocycles. The number of pyridine rings is 1. The van der Waals surface area contributed by atoms with Gasteiger partial charge in [0.25, 0.3) is 5.56 Å². The van der Waals surface area contributed by atoms with Crippen LogP contribution >= 0.6 is 0 Å². The van der Waals surface area contributed by atoms with Crippen molar-refractivity contribution in [1.82, 2.24) is 10.3 Å². The molecule has 1 aromatic carbocycles. The molecule has 3 rings (SSSR count). The maximum atomic E-state index is 12.1. The van der Waals surface area contributed by atoms with Crippen LogP contribution in [-0.2, 0) is 13.1 Å². The summed E-state index contributed by atoms with van der Waals surface area (Å²) in [6, 6.07) is 11.3. The minimum absolute atomic E-state index is 0.0800. The van der Waals surface area contributed by atoms with Crippen LogP contribution in [0, 0.1) is 0 Å². The summed E-state index contributed by atoms with van der Waals surface area (Å²) in [6.07, 6.45) is 1.63. The standard InChI is InChI=1S/C17H18N2O3/c1-2-21-14-5-6-16-12(9-14)8-13(17(20)19-16)10-18-11-15-4-3-7-22-15/h3-9,18H,2,10-11H2,1H3,(H,19,20). The van der Waals surface area contributed by atoms with Crippen molar-refractivity contribution in [3.8, 4) is 5.75 Å². The van der Waals surface area contributed by atoms with Crippen molar-refractivity contribution in [1.29, 1.82) is 0 Å². The Hall–Kier alpha value is -2.53. The average Bonchev–Trinajstić information content (AvgIpc) is 3.02. The molecule has 3 aromatic rings. The fraction of sp³-hybridized carbons (Fsp3) is 0.235. The van der Waals surface area contributed by atoms with Gasteiger partial charge in [0.1, 0.15) is 11.5 Å². The van der Waals surface area contributed by atoms with Crippen molar-refractivity contribution in [3.63, 3.8) is 0 Å². The number of aromatic amines is 1. The Balaban J connectivity index is 1.79. The molecular formula is C17H18N2O3. The van der Waals surface area contributed by atoms with Gasteiger partial charge in [-0.2, -0.15) is 0 Å². The second kappa shape index (κ2) is 6.49. The van der Waals surface area contributed by atoms with Crippen LogP contribution in [0.5, 0.6) is 5.75 Å². The lowest BCUT2D eigenvalue weighted by Crippen LogP contribution is -2.20. The van der Waals surface area contributed by atoms with Gasteiger partial charge in [-0.1, -0.05) is 0 Å². The highest BCUT2D eigenvalue weighted by atomic mass is 16.5. The molecule has 22 heavy (non-hydrogen) atoms. The van der Waals surface area contributed by atoms with Gasteiger partial charge in [-0.15, -0.1) is 0 Å². The molecule has 0 saturated carbocycles. The van der Waals surface area contributed by atoms with E-state index in [2.05, 4.69) is 10.3 Å². The lowest BCUT2D eigenvalue weighted by Gasteiger charge is -2.07. The van der Waals surface area contributed by atoms with Crippen molar-refractivity contribution in [3.05, 3.63) is 64.3 Å². The van der Waals surface area contributed by atoms with Gasteiger partial charge in [0, 0.05) is 23.0 Å². The molecule has 5 heteroatoms. The Labute approximate surface area is 127 Å². The highest BCUT2D eigenvalue weighted by Crippen LogP contribution is 2.19. The van der Waals surface area contributed by atoms with E-state index in [0.29, 0.717) is 25.3 Å². The molecule has 0 aliphatic carbocycles. The van der Waals surface area contributed by atoms with Crippen LogP contribution in [0.3, 0.4) is 0 Å². The van der Waals surface area contributed by atoms with E-state index in [4.69, 9.17) is 9.15 Å². The van der Waals surface area contributed by atoms with E-state index in [9.17, 15) is 4.79 Å². The first-order valence-electron chi connectivity index (χ1n) is 7.28. The normalized spacial score (nSPS) is 11.0. The van der Waals surface area contributed by atoms with E-state index < -0.39 is 0 Å². The molecule has 5 nitrogen and oxygen atoms in total. The average molecular weight is 298 g/mol. The Kier molecular flexibility index (Phi) is 4.25. The molecule has 0 bridgehead atoms. The predicted molar refractivity (Wildman–Crippen MR) is 85.0 cm³/mol. The molecule has 0 radical (unpaired) electrons. The van der Waals surface area contributed by atoms with Crippen LogP contribution in [0.15, 0.2) is 51.9 Å². The Morgan fingerprint density at radius 1 is 1.23 bits per heavy atom. The van der Waals surface area contributed by atoms with E-state index in [0.717, 1.165) is 22.4 Å². The molecule has 0 atom stereocenters. The molecule has 0 fully saturated rings. The zero-order valence-corrected chi connectivity index (χ0v) is 12.4. The van der Waals surface area contributed by atoms with Crippen molar-refractivity contribution in [2.45, 2.75) is 20.0 Å². The fourth-order valence-electron chi connectivity index (χ4n) is 2.35. The minimum atomic E-state index is -0.0800. The van der Waals surface area contributed by atoms with Gasteiger partial charge in [-0.05, 0) is 43.3 Å². The summed E-state index contributed by atoms with van der Waals surface area (Å²) in [5, 5.41) is 4.16. The summed E-state index contributed by atoms with van der Waals surface area (Å²) >= 11 is 0. The van der Waals surface area contributed by atoms with Gasteiger partial charge in [0.2, 0.25) is 0 Å². The largest absolute Gasteiger partial charge is 0.494 e. The number of aromatic nitrogens is 1. The summed E-state index contributed by atoms with van der Waals surface area (Å²) in [6.45, 7) is 3.63. The lowest BCUT2D eigenvalue weighted by atomic mass is 10.1. The SMILES string of the molecule is CCOc1ccc2[nH]c(=O)c(CNCc3ccco3)cc2c1. The first-order valence-corrected chi connectivity index (χ1v) is 7.28. The highest BCUT2D eigenvalue weighted by molar-refractivity contribution is 5.80. The first-order chi connectivity index (χ1) is 10.8. The van der Waals surface area contributed by atoms with Crippen molar-refractivity contribution in [2.75, 3.05) is 6.61 Å². The first kappa shape index (κ1) is 14.4. The second-order valence-corrected chi connectivity index (χ2v) is 4.99. The van der Waals surface area contributed by atoms with Gasteiger partial charge in [-0.25, -0.2) is 0 Å². The van der Waals surface area contributed by atoms with E-state index >= 15 is 0 Å². The van der Waals surface area contributed by atoms with Crippen LogP contribution in [0.25, 0.3) is 10.9 Å². The third kappa shape index (κ3) is 3.20. The molecule has 2 heterocycles. The van der Waals surface area contributed by atoms with Gasteiger partial charge in [0.15, 0.2) is 0 Å². The van der Waals surface area contributed by atoms with Crippen molar-refractivity contribution in [2.24, 2.45) is 0 Å². The van der Waals surface area contributed by atoms with Crippen LogP contribution in [-0.4, -0.2) is 11.6 Å². The van der Waals surface area contributed by atoms with E-state index in [1.807, 2.05) is 43.3 Å². The maximum absolute atomic E-state index is 12.1. The van der Waals surface area contributed by atoms with Crippen LogP contribution in [0.1, 0.15) is 18.2 Å². The quantitative estimate of drug-likeness (QED) is 0.734. The number of H-pyrrole nitrogens is 1. The number of benzene rings is 1. The number of hydrogen-bond acceptors (Lipinski definition) is 4. The third-order valence-corrected chi connectivity index (χ3v) is 3.40. The molecule has 0 spiro atoms. The summed E-state index contributed by atoms with van der Waals surface area (Å²) < 4.78 is 10.7. The topological polar surface area (TPSA) is 67.3 Å². The zero-order chi connectivity index (χ0) is 15.4. The smallest absolute Gasteiger partial charge is 0.252 e. The van der Waals surface area contributed by atoms with Crippen LogP contribution in [0.4, 0.5) is 0 Å². The lowest BCUT2D eigenvalue weighted by molar-refractivity contribution is 0.340. The van der Waals surface area contributed by atoms with Gasteiger partial charge in [0.05, 0.1) is 19.4 Å². The minimum Gasteiger partial charge on any atom is -0.494 e. The number of nitrogens with one attached hydrogen (secondary N) is 2. The molecule has 2 N–H and O–H groups in total. The number of ether oxygens (including phenoxy) is 1. The summed E-state index contributed by atoms with van der Waals surface area (Å²) in [4.78, 5) is 15.0. The third-order valence-electron chi connectivity index (χ3n) is 3.40. The number of rotatable bonds is 6. The van der Waals surface area contributed by atoms with Crippen molar-refractivity contribution < 1.29 is 9.15 Å². The molecular weight excluding hydrogens is 280 g/mol. The highest BCUT2D eigenvalue weighted by Gasteiger charge is 2.05. The molecule has 0 amide bonds. The molecule has 2 aromatic heterocycles. The van der Waals surface area contributed by atoms with Crippen LogP contribution < -0.4 is 15.6 Å². The second-order valence-electron chi connectivity index (χ2n) is 4.99. The number of fused-ring (bicyclic) bond motifs is 1. The molecule has 0 unspecified atom stereocenters. The van der Waals surface area contributed by atoms with E-state index in [1.165, 1.54) is 0 Å². The zero-order valence-electron chi connectivity index (χ0n) is 12.4. The van der Waals surface area contributed by atoms with Crippen LogP contribution in [0.2, 0.25) is 0 Å². The molecule has 0 aliphatic rings. The van der Waals surface area contributed by atoms with E-state index in [-0.39, 0.29) is 5.56 Å². The summed E-state index contributed by atoms with van der Waals surface area (Å²) in [5.74, 6) is 1.65. The van der Waals surface area contributed by atoms with Crippen molar-refractivity contribution >= 4 is 10.9 Å². The monoisotopic (exact) mass is 298 g/mol. The fourth-order valence-corrected chi connectivity index (χ4v) is 2.35. The Morgan fingerprint density at radius 2 is 2.14 bits per heavy atom.